The molecule has 1 aromatic rings. The van der Waals surface area contributed by atoms with E-state index in [4.69, 9.17) is 0 Å². The van der Waals surface area contributed by atoms with Crippen LogP contribution in [0, 0.1) is 29.4 Å². The van der Waals surface area contributed by atoms with Crippen LogP contribution in [0.5, 0.6) is 0 Å². The van der Waals surface area contributed by atoms with Crippen LogP contribution in [0.2, 0.25) is 0 Å². The summed E-state index contributed by atoms with van der Waals surface area (Å²) in [5.74, 6) is 1.22. The maximum Gasteiger partial charge on any atom is 0.166 e. The second-order valence-electron chi connectivity index (χ2n) is 12.0. The normalized spacial score (nSPS) is 22.5. The molecule has 1 fully saturated rings. The molecular weight excluding hydrogens is 458 g/mol. The van der Waals surface area contributed by atoms with Crippen LogP contribution in [0.4, 0.5) is 8.78 Å². The van der Waals surface area contributed by atoms with E-state index in [0.29, 0.717) is 17.5 Å². The van der Waals surface area contributed by atoms with E-state index in [1.165, 1.54) is 89.9 Å². The molecule has 2 aliphatic carbocycles. The molecule has 0 amide bonds. The predicted octanol–water partition coefficient (Wildman–Crippen LogP) is 11.8. The Morgan fingerprint density at radius 3 is 2.16 bits per heavy atom. The van der Waals surface area contributed by atoms with Crippen molar-refractivity contribution in [1.82, 2.24) is 0 Å². The van der Waals surface area contributed by atoms with Crippen molar-refractivity contribution in [3.8, 4) is 0 Å². The van der Waals surface area contributed by atoms with Crippen molar-refractivity contribution in [1.29, 1.82) is 0 Å². The lowest BCUT2D eigenvalue weighted by atomic mass is 9.70. The molecular formula is C35H54F2. The first-order chi connectivity index (χ1) is 18.1. The number of allylic oxidation sites excluding steroid dienone is 4. The van der Waals surface area contributed by atoms with Crippen molar-refractivity contribution in [3.05, 3.63) is 53.1 Å². The molecule has 3 rings (SSSR count). The molecule has 1 saturated carbocycles. The van der Waals surface area contributed by atoms with Gasteiger partial charge in [-0.05, 0) is 99.5 Å². The zero-order chi connectivity index (χ0) is 26.3. The molecule has 0 saturated heterocycles. The third-order valence-electron chi connectivity index (χ3n) is 9.20. The van der Waals surface area contributed by atoms with Gasteiger partial charge in [0.1, 0.15) is 0 Å². The van der Waals surface area contributed by atoms with Gasteiger partial charge in [0.15, 0.2) is 11.6 Å². The molecule has 37 heavy (non-hydrogen) atoms. The standard InChI is InChI=1S/C35H54F2/c1-3-5-7-9-11-12-14-16-28-18-20-29(21-19-28)30-22-24-31(25-23-30)33-27-26-32(34(36)35(33)37)17-15-13-10-8-6-4-2/h11-12,24,26-30H,3-10,13-23,25H2,1-2H3/b12-11+. The van der Waals surface area contributed by atoms with Gasteiger partial charge in [0, 0.05) is 5.56 Å². The van der Waals surface area contributed by atoms with E-state index in [2.05, 4.69) is 32.1 Å². The quantitative estimate of drug-likeness (QED) is 0.153. The lowest BCUT2D eigenvalue weighted by molar-refractivity contribution is 0.190. The lowest BCUT2D eigenvalue weighted by Gasteiger charge is -2.35. The van der Waals surface area contributed by atoms with Gasteiger partial charge in [-0.25, -0.2) is 8.78 Å². The fourth-order valence-electron chi connectivity index (χ4n) is 6.68. The Balaban J connectivity index is 1.40. The average molecular weight is 513 g/mol. The summed E-state index contributed by atoms with van der Waals surface area (Å²) in [6.45, 7) is 4.47. The van der Waals surface area contributed by atoms with Gasteiger partial charge in [-0.15, -0.1) is 0 Å². The third-order valence-corrected chi connectivity index (χ3v) is 9.20. The Kier molecular flexibility index (Phi) is 14.0. The molecule has 2 heteroatoms. The Hall–Kier alpha value is -1.44. The zero-order valence-corrected chi connectivity index (χ0v) is 24.0. The minimum Gasteiger partial charge on any atom is -0.203 e. The summed E-state index contributed by atoms with van der Waals surface area (Å²) in [5.41, 5.74) is 2.09. The highest BCUT2D eigenvalue weighted by atomic mass is 19.2. The largest absolute Gasteiger partial charge is 0.203 e. The highest BCUT2D eigenvalue weighted by molar-refractivity contribution is 5.67. The number of halogens is 2. The van der Waals surface area contributed by atoms with E-state index >= 15 is 4.39 Å². The number of aryl methyl sites for hydroxylation is 1. The molecule has 0 aromatic heterocycles. The van der Waals surface area contributed by atoms with Gasteiger partial charge in [0.05, 0.1) is 0 Å². The minimum atomic E-state index is -0.617. The van der Waals surface area contributed by atoms with E-state index in [-0.39, 0.29) is 0 Å². The number of rotatable bonds is 16. The van der Waals surface area contributed by atoms with Crippen LogP contribution < -0.4 is 0 Å². The lowest BCUT2D eigenvalue weighted by Crippen LogP contribution is -2.23. The van der Waals surface area contributed by atoms with Gasteiger partial charge in [-0.1, -0.05) is 102 Å². The smallest absolute Gasteiger partial charge is 0.166 e. The van der Waals surface area contributed by atoms with Crippen LogP contribution in [-0.4, -0.2) is 0 Å². The van der Waals surface area contributed by atoms with Gasteiger partial charge in [0.2, 0.25) is 0 Å². The van der Waals surface area contributed by atoms with E-state index in [0.717, 1.165) is 55.4 Å². The predicted molar refractivity (Wildman–Crippen MR) is 157 cm³/mol. The number of unbranched alkanes of at least 4 members (excludes halogenated alkanes) is 8. The molecule has 1 unspecified atom stereocenters. The summed E-state index contributed by atoms with van der Waals surface area (Å²) in [6.07, 6.45) is 31.0. The molecule has 0 bridgehead atoms. The monoisotopic (exact) mass is 512 g/mol. The van der Waals surface area contributed by atoms with E-state index in [1.807, 2.05) is 12.1 Å². The fourth-order valence-corrected chi connectivity index (χ4v) is 6.68. The van der Waals surface area contributed by atoms with E-state index < -0.39 is 11.6 Å². The molecule has 0 spiro atoms. The first kappa shape index (κ1) is 30.1. The minimum absolute atomic E-state index is 0.508. The van der Waals surface area contributed by atoms with Gasteiger partial charge in [0.25, 0.3) is 0 Å². The van der Waals surface area contributed by atoms with Gasteiger partial charge >= 0.3 is 0 Å². The molecule has 2 aliphatic rings. The summed E-state index contributed by atoms with van der Waals surface area (Å²) >= 11 is 0. The third kappa shape index (κ3) is 9.99. The van der Waals surface area contributed by atoms with E-state index in [1.54, 1.807) is 0 Å². The highest BCUT2D eigenvalue weighted by Gasteiger charge is 2.29. The average Bonchev–Trinajstić information content (AvgIpc) is 2.93. The molecule has 0 nitrogen and oxygen atoms in total. The van der Waals surface area contributed by atoms with Crippen molar-refractivity contribution in [2.75, 3.05) is 0 Å². The number of benzene rings is 1. The maximum atomic E-state index is 15.0. The van der Waals surface area contributed by atoms with Crippen LogP contribution in [0.15, 0.2) is 30.4 Å². The van der Waals surface area contributed by atoms with Crippen LogP contribution in [0.25, 0.3) is 5.57 Å². The summed E-state index contributed by atoms with van der Waals surface area (Å²) in [5, 5.41) is 0. The molecule has 0 N–H and O–H groups in total. The van der Waals surface area contributed by atoms with Crippen molar-refractivity contribution in [3.63, 3.8) is 0 Å². The van der Waals surface area contributed by atoms with Crippen molar-refractivity contribution in [2.45, 2.75) is 142 Å². The summed E-state index contributed by atoms with van der Waals surface area (Å²) in [7, 11) is 0. The maximum absolute atomic E-state index is 15.0. The van der Waals surface area contributed by atoms with Gasteiger partial charge in [-0.2, -0.15) is 0 Å². The van der Waals surface area contributed by atoms with E-state index in [9.17, 15) is 4.39 Å². The fraction of sp³-hybridized carbons (Fsp3) is 0.714. The molecule has 0 radical (unpaired) electrons. The molecule has 1 aromatic carbocycles. The summed E-state index contributed by atoms with van der Waals surface area (Å²) in [6, 6.07) is 3.69. The zero-order valence-electron chi connectivity index (χ0n) is 24.0. The first-order valence-electron chi connectivity index (χ1n) is 15.9. The van der Waals surface area contributed by atoms with Crippen molar-refractivity contribution < 1.29 is 8.78 Å². The Bertz CT molecular complexity index is 828. The first-order valence-corrected chi connectivity index (χ1v) is 15.9. The second-order valence-corrected chi connectivity index (χ2v) is 12.0. The topological polar surface area (TPSA) is 0 Å². The molecule has 208 valence electrons. The van der Waals surface area contributed by atoms with Gasteiger partial charge < -0.3 is 0 Å². The number of hydrogen-bond donors (Lipinski definition) is 0. The molecule has 0 aliphatic heterocycles. The summed E-state index contributed by atoms with van der Waals surface area (Å²) in [4.78, 5) is 0. The molecule has 1 atom stereocenters. The highest BCUT2D eigenvalue weighted by Crippen LogP contribution is 2.42. The second kappa shape index (κ2) is 17.2. The Morgan fingerprint density at radius 2 is 1.43 bits per heavy atom. The van der Waals surface area contributed by atoms with Gasteiger partial charge in [-0.3, -0.25) is 0 Å². The number of hydrogen-bond acceptors (Lipinski definition) is 0. The van der Waals surface area contributed by atoms with Crippen LogP contribution in [-0.2, 0) is 6.42 Å². The molecule has 0 heterocycles. The SMILES string of the molecule is CCCCC/C=C/CCC1CCC(C2CC=C(c3ccc(CCCCCCCC)c(F)c3F)CC2)CC1. The van der Waals surface area contributed by atoms with Crippen LogP contribution in [0.3, 0.4) is 0 Å². The van der Waals surface area contributed by atoms with Crippen molar-refractivity contribution in [2.24, 2.45) is 17.8 Å². The Labute approximate surface area is 227 Å². The van der Waals surface area contributed by atoms with Crippen molar-refractivity contribution >= 4 is 5.57 Å². The van der Waals surface area contributed by atoms with Crippen LogP contribution >= 0.6 is 0 Å². The van der Waals surface area contributed by atoms with Crippen LogP contribution in [0.1, 0.15) is 147 Å². The summed E-state index contributed by atoms with van der Waals surface area (Å²) < 4.78 is 29.8. The Morgan fingerprint density at radius 1 is 0.730 bits per heavy atom.